The number of hydrogen-bond acceptors (Lipinski definition) is 3. The van der Waals surface area contributed by atoms with E-state index in [0.29, 0.717) is 22.4 Å². The Bertz CT molecular complexity index is 523. The van der Waals surface area contributed by atoms with Crippen LogP contribution in [0.25, 0.3) is 11.0 Å². The molecular weight excluding hydrogens is 168 g/mol. The van der Waals surface area contributed by atoms with Gasteiger partial charge >= 0.3 is 5.69 Å². The zero-order chi connectivity index (χ0) is 9.59. The number of anilines is 2. The summed E-state index contributed by atoms with van der Waals surface area (Å²) < 4.78 is 0. The van der Waals surface area contributed by atoms with Crippen LogP contribution in [-0.4, -0.2) is 9.97 Å². The van der Waals surface area contributed by atoms with Crippen molar-refractivity contribution in [1.82, 2.24) is 9.97 Å². The Morgan fingerprint density at radius 2 is 1.85 bits per heavy atom. The summed E-state index contributed by atoms with van der Waals surface area (Å²) in [7, 11) is 0. The van der Waals surface area contributed by atoms with Crippen LogP contribution in [0, 0.1) is 6.92 Å². The molecule has 2 rings (SSSR count). The van der Waals surface area contributed by atoms with E-state index in [1.54, 1.807) is 6.07 Å². The summed E-state index contributed by atoms with van der Waals surface area (Å²) in [6.07, 6.45) is 0. The summed E-state index contributed by atoms with van der Waals surface area (Å²) in [6, 6.07) is 1.74. The van der Waals surface area contributed by atoms with Crippen LogP contribution in [0.5, 0.6) is 0 Å². The first-order chi connectivity index (χ1) is 6.09. The zero-order valence-electron chi connectivity index (χ0n) is 7.14. The van der Waals surface area contributed by atoms with Gasteiger partial charge in [-0.05, 0) is 18.6 Å². The first-order valence-electron chi connectivity index (χ1n) is 3.86. The van der Waals surface area contributed by atoms with Gasteiger partial charge in [0.2, 0.25) is 0 Å². The zero-order valence-corrected chi connectivity index (χ0v) is 7.14. The highest BCUT2D eigenvalue weighted by atomic mass is 16.1. The predicted molar refractivity (Wildman–Crippen MR) is 52.5 cm³/mol. The molecule has 0 atom stereocenters. The molecule has 0 saturated heterocycles. The number of hydrogen-bond donors (Lipinski definition) is 4. The van der Waals surface area contributed by atoms with Gasteiger partial charge < -0.3 is 21.4 Å². The van der Waals surface area contributed by atoms with Crippen LogP contribution in [0.1, 0.15) is 5.56 Å². The number of imidazole rings is 1. The molecule has 0 unspecified atom stereocenters. The summed E-state index contributed by atoms with van der Waals surface area (Å²) in [6.45, 7) is 1.84. The highest BCUT2D eigenvalue weighted by Gasteiger charge is 2.07. The number of aryl methyl sites for hydroxylation is 1. The van der Waals surface area contributed by atoms with Crippen LogP contribution in [-0.2, 0) is 0 Å². The summed E-state index contributed by atoms with van der Waals surface area (Å²) in [4.78, 5) is 16.2. The molecule has 13 heavy (non-hydrogen) atoms. The van der Waals surface area contributed by atoms with E-state index in [1.807, 2.05) is 6.92 Å². The van der Waals surface area contributed by atoms with Crippen molar-refractivity contribution in [3.63, 3.8) is 0 Å². The number of nitrogens with one attached hydrogen (secondary N) is 2. The van der Waals surface area contributed by atoms with Gasteiger partial charge in [0.05, 0.1) is 22.4 Å². The molecule has 0 aliphatic carbocycles. The first-order valence-corrected chi connectivity index (χ1v) is 3.86. The summed E-state index contributed by atoms with van der Waals surface area (Å²) in [5.74, 6) is 0. The maximum atomic E-state index is 11.0. The summed E-state index contributed by atoms with van der Waals surface area (Å²) >= 11 is 0. The molecule has 1 heterocycles. The lowest BCUT2D eigenvalue weighted by molar-refractivity contribution is 1.22. The molecule has 1 aromatic carbocycles. The number of benzene rings is 1. The van der Waals surface area contributed by atoms with E-state index in [1.165, 1.54) is 0 Å². The fourth-order valence-electron chi connectivity index (χ4n) is 1.38. The molecule has 0 radical (unpaired) electrons. The minimum atomic E-state index is -0.293. The molecule has 0 amide bonds. The average Bonchev–Trinajstić information content (AvgIpc) is 2.44. The van der Waals surface area contributed by atoms with Crippen LogP contribution in [0.3, 0.4) is 0 Å². The molecule has 0 bridgehead atoms. The lowest BCUT2D eigenvalue weighted by atomic mass is 10.1. The molecule has 0 aliphatic rings. The highest BCUT2D eigenvalue weighted by Crippen LogP contribution is 2.25. The van der Waals surface area contributed by atoms with Gasteiger partial charge in [0.1, 0.15) is 0 Å². The van der Waals surface area contributed by atoms with Gasteiger partial charge in [-0.3, -0.25) is 0 Å². The van der Waals surface area contributed by atoms with E-state index < -0.39 is 0 Å². The number of H-pyrrole nitrogens is 2. The van der Waals surface area contributed by atoms with E-state index in [4.69, 9.17) is 11.5 Å². The van der Waals surface area contributed by atoms with Crippen LogP contribution < -0.4 is 17.2 Å². The van der Waals surface area contributed by atoms with Crippen molar-refractivity contribution < 1.29 is 0 Å². The van der Waals surface area contributed by atoms with Gasteiger partial charge in [-0.1, -0.05) is 0 Å². The molecule has 0 saturated carbocycles. The Hall–Kier alpha value is -1.91. The lowest BCUT2D eigenvalue weighted by Gasteiger charge is -2.02. The molecule has 5 nitrogen and oxygen atoms in total. The largest absolute Gasteiger partial charge is 0.397 e. The number of fused-ring (bicyclic) bond motifs is 1. The van der Waals surface area contributed by atoms with Gasteiger partial charge in [-0.25, -0.2) is 4.79 Å². The molecule has 6 N–H and O–H groups in total. The SMILES string of the molecule is Cc1cc(N)c2[nH]c(=O)[nH]c2c1N. The van der Waals surface area contributed by atoms with Crippen LogP contribution >= 0.6 is 0 Å². The number of aromatic amines is 2. The molecule has 0 fully saturated rings. The quantitative estimate of drug-likeness (QED) is 0.437. The number of nitrogen functional groups attached to an aromatic ring is 2. The van der Waals surface area contributed by atoms with E-state index in [9.17, 15) is 4.79 Å². The van der Waals surface area contributed by atoms with Crippen molar-refractivity contribution in [3.8, 4) is 0 Å². The maximum Gasteiger partial charge on any atom is 0.323 e. The average molecular weight is 178 g/mol. The highest BCUT2D eigenvalue weighted by molar-refractivity contribution is 5.96. The third-order valence-electron chi connectivity index (χ3n) is 2.08. The van der Waals surface area contributed by atoms with Crippen molar-refractivity contribution in [2.24, 2.45) is 0 Å². The van der Waals surface area contributed by atoms with Crippen LogP contribution in [0.15, 0.2) is 10.9 Å². The molecule has 1 aromatic heterocycles. The molecule has 0 aliphatic heterocycles. The fraction of sp³-hybridized carbons (Fsp3) is 0.125. The predicted octanol–water partition coefficient (Wildman–Crippen LogP) is 0.329. The molecule has 2 aromatic rings. The third-order valence-corrected chi connectivity index (χ3v) is 2.08. The van der Waals surface area contributed by atoms with E-state index in [0.717, 1.165) is 5.56 Å². The van der Waals surface area contributed by atoms with Crippen LogP contribution in [0.4, 0.5) is 11.4 Å². The molecular formula is C8H10N4O. The Labute approximate surface area is 73.7 Å². The molecule has 5 heteroatoms. The van der Waals surface area contributed by atoms with E-state index in [-0.39, 0.29) is 5.69 Å². The maximum absolute atomic E-state index is 11.0. The smallest absolute Gasteiger partial charge is 0.323 e. The minimum Gasteiger partial charge on any atom is -0.397 e. The Morgan fingerprint density at radius 3 is 2.54 bits per heavy atom. The second kappa shape index (κ2) is 2.29. The van der Waals surface area contributed by atoms with Gasteiger partial charge in [-0.15, -0.1) is 0 Å². The monoisotopic (exact) mass is 178 g/mol. The standard InChI is InChI=1S/C8H10N4O/c1-3-2-4(9)6-7(5(3)10)12-8(13)11-6/h2H,9-10H2,1H3,(H2,11,12,13). The third kappa shape index (κ3) is 0.970. The Kier molecular flexibility index (Phi) is 1.36. The van der Waals surface area contributed by atoms with Crippen molar-refractivity contribution in [2.75, 3.05) is 11.5 Å². The van der Waals surface area contributed by atoms with E-state index >= 15 is 0 Å². The Morgan fingerprint density at radius 1 is 1.23 bits per heavy atom. The lowest BCUT2D eigenvalue weighted by Crippen LogP contribution is -1.99. The molecule has 68 valence electrons. The van der Waals surface area contributed by atoms with Gasteiger partial charge in [-0.2, -0.15) is 0 Å². The van der Waals surface area contributed by atoms with Crippen molar-refractivity contribution >= 4 is 22.4 Å². The second-order valence-electron chi connectivity index (χ2n) is 3.03. The summed E-state index contributed by atoms with van der Waals surface area (Å²) in [5, 5.41) is 0. The normalized spacial score (nSPS) is 10.8. The van der Waals surface area contributed by atoms with Gasteiger partial charge in [0, 0.05) is 0 Å². The van der Waals surface area contributed by atoms with Crippen molar-refractivity contribution in [1.29, 1.82) is 0 Å². The summed E-state index contributed by atoms with van der Waals surface area (Å²) in [5.41, 5.74) is 14.3. The first kappa shape index (κ1) is 7.72. The van der Waals surface area contributed by atoms with Crippen molar-refractivity contribution in [3.05, 3.63) is 22.1 Å². The Balaban J connectivity index is 3.04. The van der Waals surface area contributed by atoms with Crippen LogP contribution in [0.2, 0.25) is 0 Å². The van der Waals surface area contributed by atoms with E-state index in [2.05, 4.69) is 9.97 Å². The van der Waals surface area contributed by atoms with Gasteiger partial charge in [0.25, 0.3) is 0 Å². The van der Waals surface area contributed by atoms with Gasteiger partial charge in [0.15, 0.2) is 0 Å². The minimum absolute atomic E-state index is 0.293. The number of nitrogens with two attached hydrogens (primary N) is 2. The fourth-order valence-corrected chi connectivity index (χ4v) is 1.38. The number of aromatic nitrogens is 2. The van der Waals surface area contributed by atoms with Crippen molar-refractivity contribution in [2.45, 2.75) is 6.92 Å². The molecule has 0 spiro atoms. The number of rotatable bonds is 0. The second-order valence-corrected chi connectivity index (χ2v) is 3.03. The topological polar surface area (TPSA) is 101 Å².